The summed E-state index contributed by atoms with van der Waals surface area (Å²) in [6.45, 7) is 5.50. The Kier molecular flexibility index (Phi) is 11.2. The van der Waals surface area contributed by atoms with Crippen molar-refractivity contribution >= 4 is 64.7 Å². The molecule has 0 saturated heterocycles. The summed E-state index contributed by atoms with van der Waals surface area (Å²) >= 11 is 18.0. The van der Waals surface area contributed by atoms with E-state index in [1.807, 2.05) is 13.8 Å². The van der Waals surface area contributed by atoms with Crippen LogP contribution in [-0.2, 0) is 6.42 Å². The summed E-state index contributed by atoms with van der Waals surface area (Å²) in [5.41, 5.74) is 0. The summed E-state index contributed by atoms with van der Waals surface area (Å²) in [5.74, 6) is 2.59. The maximum absolute atomic E-state index is 6.08. The molecule has 0 bridgehead atoms. The minimum Gasteiger partial charge on any atom is -0.489 e. The van der Waals surface area contributed by atoms with Crippen molar-refractivity contribution in [2.24, 2.45) is 4.99 Å². The fourth-order valence-corrected chi connectivity index (χ4v) is 3.03. The molecule has 1 aromatic carbocycles. The first-order chi connectivity index (χ1) is 12.9. The van der Waals surface area contributed by atoms with Crippen molar-refractivity contribution in [3.8, 4) is 5.75 Å². The zero-order chi connectivity index (χ0) is 19.8. The maximum Gasteiger partial charge on any atom is 0.228 e. The lowest BCUT2D eigenvalue weighted by molar-refractivity contribution is 0.322. The van der Waals surface area contributed by atoms with Gasteiger partial charge in [0.25, 0.3) is 0 Å². The quantitative estimate of drug-likeness (QED) is 0.213. The van der Waals surface area contributed by atoms with Gasteiger partial charge in [0, 0.05) is 31.0 Å². The van der Waals surface area contributed by atoms with Gasteiger partial charge in [-0.2, -0.15) is 4.98 Å². The van der Waals surface area contributed by atoms with E-state index in [1.54, 1.807) is 19.2 Å². The number of guanidine groups is 1. The van der Waals surface area contributed by atoms with Crippen molar-refractivity contribution in [3.05, 3.63) is 38.9 Å². The number of aromatic nitrogens is 2. The van der Waals surface area contributed by atoms with Crippen molar-refractivity contribution < 1.29 is 9.26 Å². The molecule has 2 rings (SSSR count). The van der Waals surface area contributed by atoms with E-state index in [4.69, 9.17) is 44.1 Å². The van der Waals surface area contributed by atoms with E-state index in [2.05, 4.69) is 25.8 Å². The Bertz CT molecular complexity index is 763. The van der Waals surface area contributed by atoms with E-state index in [0.29, 0.717) is 64.6 Å². The standard InChI is InChI=1S/C17H22Cl3N5O2.HI/c1-10(2)16-24-14(27-25-16)4-5-22-17(21-3)23-6-7-26-15-12(19)8-11(18)9-13(15)20;/h8-10H,4-7H2,1-3H3,(H2,21,22,23);1H. The van der Waals surface area contributed by atoms with Gasteiger partial charge in [0.2, 0.25) is 5.89 Å². The van der Waals surface area contributed by atoms with E-state index >= 15 is 0 Å². The molecule has 11 heteroatoms. The molecule has 0 aliphatic carbocycles. The van der Waals surface area contributed by atoms with E-state index in [-0.39, 0.29) is 29.9 Å². The van der Waals surface area contributed by atoms with Crippen LogP contribution in [-0.4, -0.2) is 42.8 Å². The van der Waals surface area contributed by atoms with Crippen LogP contribution < -0.4 is 15.4 Å². The van der Waals surface area contributed by atoms with Gasteiger partial charge in [0.1, 0.15) is 6.61 Å². The predicted molar refractivity (Wildman–Crippen MR) is 124 cm³/mol. The average Bonchev–Trinajstić information content (AvgIpc) is 3.07. The molecule has 0 fully saturated rings. The first kappa shape index (κ1) is 25.1. The van der Waals surface area contributed by atoms with Crippen molar-refractivity contribution in [1.82, 2.24) is 20.8 Å². The number of hydrogen-bond acceptors (Lipinski definition) is 5. The van der Waals surface area contributed by atoms with Crippen LogP contribution in [0.3, 0.4) is 0 Å². The van der Waals surface area contributed by atoms with Crippen LogP contribution >= 0.6 is 58.8 Å². The zero-order valence-electron chi connectivity index (χ0n) is 15.8. The average molecular weight is 563 g/mol. The molecule has 0 saturated carbocycles. The SMILES string of the molecule is CN=C(NCCOc1c(Cl)cc(Cl)cc1Cl)NCCc1nc(C(C)C)no1.I. The summed E-state index contributed by atoms with van der Waals surface area (Å²) in [6, 6.07) is 3.17. The maximum atomic E-state index is 6.08. The van der Waals surface area contributed by atoms with Crippen LogP contribution in [0.4, 0.5) is 0 Å². The Morgan fingerprint density at radius 1 is 1.18 bits per heavy atom. The van der Waals surface area contributed by atoms with Gasteiger partial charge in [-0.25, -0.2) is 0 Å². The summed E-state index contributed by atoms with van der Waals surface area (Å²) in [4.78, 5) is 8.48. The zero-order valence-corrected chi connectivity index (χ0v) is 20.4. The number of halogens is 4. The number of ether oxygens (including phenoxy) is 1. The molecule has 28 heavy (non-hydrogen) atoms. The third-order valence-electron chi connectivity index (χ3n) is 3.46. The van der Waals surface area contributed by atoms with E-state index in [0.717, 1.165) is 0 Å². The Hall–Kier alpha value is -0.970. The summed E-state index contributed by atoms with van der Waals surface area (Å²) in [5, 5.41) is 11.4. The van der Waals surface area contributed by atoms with E-state index in [1.165, 1.54) is 0 Å². The molecular formula is C17H23Cl3IN5O2. The molecule has 2 N–H and O–H groups in total. The van der Waals surface area contributed by atoms with Gasteiger partial charge in [-0.05, 0) is 12.1 Å². The number of nitrogens with one attached hydrogen (secondary N) is 2. The number of benzene rings is 1. The lowest BCUT2D eigenvalue weighted by Gasteiger charge is -2.13. The van der Waals surface area contributed by atoms with Crippen molar-refractivity contribution in [2.45, 2.75) is 26.2 Å². The third-order valence-corrected chi connectivity index (χ3v) is 4.24. The first-order valence-electron chi connectivity index (χ1n) is 8.45. The predicted octanol–water partition coefficient (Wildman–Crippen LogP) is 4.56. The monoisotopic (exact) mass is 561 g/mol. The molecule has 0 radical (unpaired) electrons. The molecular weight excluding hydrogens is 539 g/mol. The molecule has 0 unspecified atom stereocenters. The van der Waals surface area contributed by atoms with Crippen molar-refractivity contribution in [1.29, 1.82) is 0 Å². The number of aliphatic imine (C=N–C) groups is 1. The second kappa shape index (κ2) is 12.6. The van der Waals surface area contributed by atoms with Gasteiger partial charge in [-0.1, -0.05) is 53.8 Å². The topological polar surface area (TPSA) is 84.6 Å². The van der Waals surface area contributed by atoms with Gasteiger partial charge in [0.15, 0.2) is 17.5 Å². The molecule has 0 aliphatic heterocycles. The van der Waals surface area contributed by atoms with Crippen LogP contribution in [0, 0.1) is 0 Å². The minimum absolute atomic E-state index is 0. The molecule has 7 nitrogen and oxygen atoms in total. The molecule has 1 aromatic heterocycles. The Balaban J connectivity index is 0.00000392. The number of nitrogens with zero attached hydrogens (tertiary/aromatic N) is 3. The van der Waals surface area contributed by atoms with Crippen molar-refractivity contribution in [3.63, 3.8) is 0 Å². The van der Waals surface area contributed by atoms with Crippen LogP contribution in [0.2, 0.25) is 15.1 Å². The highest BCUT2D eigenvalue weighted by atomic mass is 127. The fraction of sp³-hybridized carbons (Fsp3) is 0.471. The lowest BCUT2D eigenvalue weighted by atomic mass is 10.2. The highest BCUT2D eigenvalue weighted by Crippen LogP contribution is 2.35. The van der Waals surface area contributed by atoms with Crippen molar-refractivity contribution in [2.75, 3.05) is 26.7 Å². The third kappa shape index (κ3) is 7.81. The highest BCUT2D eigenvalue weighted by Gasteiger charge is 2.10. The minimum atomic E-state index is 0. The highest BCUT2D eigenvalue weighted by molar-refractivity contribution is 14.0. The second-order valence-electron chi connectivity index (χ2n) is 5.92. The molecule has 0 spiro atoms. The number of rotatable bonds is 8. The van der Waals surface area contributed by atoms with Crippen LogP contribution in [0.15, 0.2) is 21.6 Å². The second-order valence-corrected chi connectivity index (χ2v) is 7.17. The van der Waals surface area contributed by atoms with Gasteiger partial charge >= 0.3 is 0 Å². The summed E-state index contributed by atoms with van der Waals surface area (Å²) in [6.07, 6.45) is 0.604. The van der Waals surface area contributed by atoms with Crippen LogP contribution in [0.5, 0.6) is 5.75 Å². The smallest absolute Gasteiger partial charge is 0.228 e. The summed E-state index contributed by atoms with van der Waals surface area (Å²) < 4.78 is 10.8. The summed E-state index contributed by atoms with van der Waals surface area (Å²) in [7, 11) is 1.69. The van der Waals surface area contributed by atoms with Gasteiger partial charge in [-0.3, -0.25) is 4.99 Å². The molecule has 0 amide bonds. The Morgan fingerprint density at radius 2 is 1.82 bits per heavy atom. The van der Waals surface area contributed by atoms with Crippen LogP contribution in [0.1, 0.15) is 31.5 Å². The van der Waals surface area contributed by atoms with Gasteiger partial charge in [-0.15, -0.1) is 24.0 Å². The molecule has 156 valence electrons. The molecule has 0 atom stereocenters. The fourth-order valence-electron chi connectivity index (χ4n) is 2.10. The Morgan fingerprint density at radius 3 is 2.39 bits per heavy atom. The van der Waals surface area contributed by atoms with Gasteiger partial charge in [0.05, 0.1) is 16.6 Å². The van der Waals surface area contributed by atoms with E-state index < -0.39 is 0 Å². The van der Waals surface area contributed by atoms with Crippen LogP contribution in [0.25, 0.3) is 0 Å². The first-order valence-corrected chi connectivity index (χ1v) is 9.58. The molecule has 0 aliphatic rings. The molecule has 2 aromatic rings. The molecule has 1 heterocycles. The lowest BCUT2D eigenvalue weighted by Crippen LogP contribution is -2.40. The van der Waals surface area contributed by atoms with E-state index in [9.17, 15) is 0 Å². The largest absolute Gasteiger partial charge is 0.489 e. The normalized spacial score (nSPS) is 11.3. The van der Waals surface area contributed by atoms with Gasteiger partial charge < -0.3 is 19.9 Å². The Labute approximate surface area is 196 Å². The number of hydrogen-bond donors (Lipinski definition) is 2.